The normalized spacial score (nSPS) is 14.6. The van der Waals surface area contributed by atoms with Crippen molar-refractivity contribution in [1.82, 2.24) is 14.4 Å². The molecule has 4 rings (SSSR count). The van der Waals surface area contributed by atoms with E-state index in [2.05, 4.69) is 36.5 Å². The van der Waals surface area contributed by atoms with Gasteiger partial charge in [-0.15, -0.1) is 0 Å². The Labute approximate surface area is 200 Å². The van der Waals surface area contributed by atoms with Crippen LogP contribution in [-0.2, 0) is 0 Å². The number of rotatable bonds is 4. The topological polar surface area (TPSA) is 64.6 Å². The number of benzene rings is 2. The summed E-state index contributed by atoms with van der Waals surface area (Å²) < 4.78 is 1.97. The largest absolute Gasteiger partial charge is 0.336 e. The maximum absolute atomic E-state index is 12.9. The zero-order valence-electron chi connectivity index (χ0n) is 20.0. The van der Waals surface area contributed by atoms with Gasteiger partial charge in [0.15, 0.2) is 0 Å². The zero-order valence-corrected chi connectivity index (χ0v) is 20.0. The molecule has 0 unspecified atom stereocenters. The number of pyridine rings is 1. The van der Waals surface area contributed by atoms with Gasteiger partial charge in [-0.05, 0) is 61.0 Å². The van der Waals surface area contributed by atoms with Crippen molar-refractivity contribution in [3.63, 3.8) is 0 Å². The van der Waals surface area contributed by atoms with Crippen LogP contribution in [0.5, 0.6) is 0 Å². The average Bonchev–Trinajstić information content (AvgIpc) is 2.88. The molecule has 172 valence electrons. The van der Waals surface area contributed by atoms with Crippen LogP contribution in [0.1, 0.15) is 27.0 Å². The van der Waals surface area contributed by atoms with E-state index >= 15 is 0 Å². The van der Waals surface area contributed by atoms with Crippen LogP contribution in [0.3, 0.4) is 0 Å². The molecule has 1 aliphatic heterocycles. The van der Waals surface area contributed by atoms with Crippen molar-refractivity contribution in [2.75, 3.05) is 40.3 Å². The molecule has 0 N–H and O–H groups in total. The first-order chi connectivity index (χ1) is 16.4. The molecule has 1 aromatic heterocycles. The molecule has 1 aliphatic rings. The Morgan fingerprint density at radius 1 is 1.00 bits per heavy atom. The molecule has 0 bridgehead atoms. The van der Waals surface area contributed by atoms with E-state index in [4.69, 9.17) is 5.26 Å². The number of hydrogen-bond donors (Lipinski definition) is 0. The van der Waals surface area contributed by atoms with E-state index < -0.39 is 0 Å². The Bertz CT molecular complexity index is 1320. The number of hydrogen-bond acceptors (Lipinski definition) is 4. The summed E-state index contributed by atoms with van der Waals surface area (Å²) >= 11 is 0. The molecule has 0 spiro atoms. The average molecular weight is 452 g/mol. The summed E-state index contributed by atoms with van der Waals surface area (Å²) in [6.07, 6.45) is 2.04. The van der Waals surface area contributed by atoms with Crippen LogP contribution in [0.2, 0.25) is 0 Å². The summed E-state index contributed by atoms with van der Waals surface area (Å²) in [4.78, 5) is 21.5. The lowest BCUT2D eigenvalue weighted by Crippen LogP contribution is -2.47. The molecule has 1 fully saturated rings. The maximum atomic E-state index is 12.9. The Balaban J connectivity index is 1.65. The molecule has 2 aromatic carbocycles. The summed E-state index contributed by atoms with van der Waals surface area (Å²) in [5.74, 6) is 0.0840. The highest BCUT2D eigenvalue weighted by Crippen LogP contribution is 2.25. The van der Waals surface area contributed by atoms with E-state index in [0.717, 1.165) is 59.6 Å². The van der Waals surface area contributed by atoms with Gasteiger partial charge in [0.1, 0.15) is 5.49 Å². The molecule has 0 radical (unpaired) electrons. The predicted octanol–water partition coefficient (Wildman–Crippen LogP) is 3.77. The molecule has 1 amide bonds. The van der Waals surface area contributed by atoms with Crippen molar-refractivity contribution < 1.29 is 4.79 Å². The molecule has 1 saturated heterocycles. The fraction of sp³-hybridized carbons (Fsp3) is 0.250. The van der Waals surface area contributed by atoms with Gasteiger partial charge in [0, 0.05) is 56.2 Å². The number of nitrogens with zero attached hydrogens (tertiary/aromatic N) is 5. The monoisotopic (exact) mass is 451 g/mol. The molecule has 34 heavy (non-hydrogen) atoms. The summed E-state index contributed by atoms with van der Waals surface area (Å²) in [5, 5.41) is 9.08. The highest BCUT2D eigenvalue weighted by molar-refractivity contribution is 5.94. The number of piperazine rings is 1. The number of likely N-dealkylation sites (N-methyl/N-ethyl adjacent to an activating group) is 1. The standard InChI is InChI=1S/C28H29N5O/c1-20-17-27(30-3)33(21(2)23-7-5-22(18-29)6-8-23)19-26(20)24-9-11-25(12-10-24)28(34)32-15-13-31(4)14-16-32/h5-12,17,19H,2,13-16H2,1,3-4H3. The maximum Gasteiger partial charge on any atom is 0.253 e. The van der Waals surface area contributed by atoms with Crippen LogP contribution in [0.25, 0.3) is 16.8 Å². The Morgan fingerprint density at radius 3 is 2.21 bits per heavy atom. The van der Waals surface area contributed by atoms with E-state index in [0.29, 0.717) is 11.1 Å². The summed E-state index contributed by atoms with van der Waals surface area (Å²) in [7, 11) is 3.84. The number of carbonyl (C=O) groups excluding carboxylic acids is 1. The molecule has 2 heterocycles. The lowest BCUT2D eigenvalue weighted by atomic mass is 10.0. The third kappa shape index (κ3) is 4.70. The number of carbonyl (C=O) groups is 1. The predicted molar refractivity (Wildman–Crippen MR) is 135 cm³/mol. The highest BCUT2D eigenvalue weighted by Gasteiger charge is 2.20. The second kappa shape index (κ2) is 9.90. The van der Waals surface area contributed by atoms with E-state index in [-0.39, 0.29) is 5.91 Å². The van der Waals surface area contributed by atoms with Gasteiger partial charge in [-0.1, -0.05) is 30.8 Å². The van der Waals surface area contributed by atoms with E-state index in [1.165, 1.54) is 0 Å². The van der Waals surface area contributed by atoms with Crippen LogP contribution < -0.4 is 5.49 Å². The SMILES string of the molecule is C=C(c1ccc(C#N)cc1)n1cc(-c2ccc(C(=O)N3CCN(C)CC3)cc2)c(C)cc1=NC. The minimum atomic E-state index is 0.0840. The number of aromatic nitrogens is 1. The molecule has 0 atom stereocenters. The van der Waals surface area contributed by atoms with E-state index in [1.807, 2.05) is 58.1 Å². The minimum absolute atomic E-state index is 0.0840. The Hall–Kier alpha value is -3.95. The smallest absolute Gasteiger partial charge is 0.253 e. The van der Waals surface area contributed by atoms with Gasteiger partial charge in [0.05, 0.1) is 11.6 Å². The fourth-order valence-electron chi connectivity index (χ4n) is 4.19. The lowest BCUT2D eigenvalue weighted by Gasteiger charge is -2.32. The Kier molecular flexibility index (Phi) is 6.76. The first-order valence-corrected chi connectivity index (χ1v) is 11.4. The van der Waals surface area contributed by atoms with Crippen molar-refractivity contribution >= 4 is 11.6 Å². The second-order valence-electron chi connectivity index (χ2n) is 8.63. The van der Waals surface area contributed by atoms with E-state index in [1.54, 1.807) is 19.2 Å². The van der Waals surface area contributed by atoms with Crippen LogP contribution in [0, 0.1) is 18.3 Å². The van der Waals surface area contributed by atoms with Crippen molar-refractivity contribution in [2.45, 2.75) is 6.92 Å². The van der Waals surface area contributed by atoms with Crippen molar-refractivity contribution in [3.8, 4) is 17.2 Å². The second-order valence-corrected chi connectivity index (χ2v) is 8.63. The third-order valence-corrected chi connectivity index (χ3v) is 6.38. The molecule has 0 saturated carbocycles. The van der Waals surface area contributed by atoms with Gasteiger partial charge in [0.25, 0.3) is 5.91 Å². The number of amides is 1. The van der Waals surface area contributed by atoms with Crippen molar-refractivity contribution in [2.24, 2.45) is 4.99 Å². The van der Waals surface area contributed by atoms with Gasteiger partial charge in [0.2, 0.25) is 0 Å². The summed E-state index contributed by atoms with van der Waals surface area (Å²) in [6, 6.07) is 19.4. The summed E-state index contributed by atoms with van der Waals surface area (Å²) in [5.41, 5.74) is 6.95. The van der Waals surface area contributed by atoms with Gasteiger partial charge >= 0.3 is 0 Å². The van der Waals surface area contributed by atoms with Gasteiger partial charge in [-0.2, -0.15) is 5.26 Å². The third-order valence-electron chi connectivity index (χ3n) is 6.38. The van der Waals surface area contributed by atoms with Crippen LogP contribution in [0.15, 0.2) is 72.4 Å². The van der Waals surface area contributed by atoms with Crippen molar-refractivity contribution in [1.29, 1.82) is 5.26 Å². The molecular formula is C28H29N5O. The molecule has 6 nitrogen and oxygen atoms in total. The van der Waals surface area contributed by atoms with E-state index in [9.17, 15) is 4.79 Å². The van der Waals surface area contributed by atoms with Crippen LogP contribution in [-0.4, -0.2) is 60.5 Å². The molecule has 3 aromatic rings. The molecule has 6 heteroatoms. The number of nitriles is 1. The lowest BCUT2D eigenvalue weighted by molar-refractivity contribution is 0.0664. The zero-order chi connectivity index (χ0) is 24.2. The highest BCUT2D eigenvalue weighted by atomic mass is 16.2. The minimum Gasteiger partial charge on any atom is -0.336 e. The van der Waals surface area contributed by atoms with Gasteiger partial charge < -0.3 is 14.4 Å². The first-order valence-electron chi connectivity index (χ1n) is 11.4. The van der Waals surface area contributed by atoms with Gasteiger partial charge in [-0.25, -0.2) is 0 Å². The fourth-order valence-corrected chi connectivity index (χ4v) is 4.19. The van der Waals surface area contributed by atoms with Crippen LogP contribution in [0.4, 0.5) is 0 Å². The first kappa shape index (κ1) is 23.2. The quantitative estimate of drug-likeness (QED) is 0.607. The number of aryl methyl sites for hydroxylation is 1. The van der Waals surface area contributed by atoms with Crippen LogP contribution >= 0.6 is 0 Å². The Morgan fingerprint density at radius 2 is 1.62 bits per heavy atom. The van der Waals surface area contributed by atoms with Crippen molar-refractivity contribution in [3.05, 3.63) is 95.1 Å². The summed E-state index contributed by atoms with van der Waals surface area (Å²) in [6.45, 7) is 9.67. The molecule has 0 aliphatic carbocycles. The van der Waals surface area contributed by atoms with Gasteiger partial charge in [-0.3, -0.25) is 9.79 Å². The molecular weight excluding hydrogens is 422 g/mol.